The van der Waals surface area contributed by atoms with E-state index in [1.807, 2.05) is 30.3 Å². The predicted octanol–water partition coefficient (Wildman–Crippen LogP) is 2.83. The van der Waals surface area contributed by atoms with Crippen molar-refractivity contribution < 1.29 is 14.6 Å². The molecule has 132 valence electrons. The van der Waals surface area contributed by atoms with Crippen molar-refractivity contribution in [3.05, 3.63) is 65.7 Å². The lowest BCUT2D eigenvalue weighted by Crippen LogP contribution is -2.38. The van der Waals surface area contributed by atoms with E-state index in [0.717, 1.165) is 6.42 Å². The molecule has 5 nitrogen and oxygen atoms in total. The first-order valence-corrected chi connectivity index (χ1v) is 8.56. The van der Waals surface area contributed by atoms with Crippen molar-refractivity contribution in [3.8, 4) is 5.75 Å². The molecule has 2 aromatic rings. The van der Waals surface area contributed by atoms with Gasteiger partial charge in [-0.05, 0) is 41.5 Å². The standard InChI is InChI=1S/C20H24N2O3/c1-25-17-9-5-8-15(10-17)19(23)13-22-20(24)21-12-16-11-18(16)14-6-3-2-4-7-14/h2-10,16,18-19,23H,11-13H2,1H3,(H2,21,22,24). The first kappa shape index (κ1) is 17.3. The van der Waals surface area contributed by atoms with E-state index in [1.54, 1.807) is 19.2 Å². The zero-order valence-electron chi connectivity index (χ0n) is 14.3. The van der Waals surface area contributed by atoms with Crippen LogP contribution >= 0.6 is 0 Å². The molecule has 1 fully saturated rings. The molecular formula is C20H24N2O3. The summed E-state index contributed by atoms with van der Waals surface area (Å²) in [5, 5.41) is 15.8. The molecule has 3 atom stereocenters. The van der Waals surface area contributed by atoms with E-state index < -0.39 is 6.10 Å². The number of carbonyl (C=O) groups excluding carboxylic acids is 1. The highest BCUT2D eigenvalue weighted by atomic mass is 16.5. The molecule has 1 saturated carbocycles. The second-order valence-corrected chi connectivity index (χ2v) is 6.40. The van der Waals surface area contributed by atoms with Crippen molar-refractivity contribution in [3.63, 3.8) is 0 Å². The molecular weight excluding hydrogens is 316 g/mol. The van der Waals surface area contributed by atoms with Gasteiger partial charge in [0.25, 0.3) is 0 Å². The largest absolute Gasteiger partial charge is 0.497 e. The van der Waals surface area contributed by atoms with Gasteiger partial charge in [0.05, 0.1) is 13.2 Å². The Morgan fingerprint density at radius 2 is 2.00 bits per heavy atom. The second-order valence-electron chi connectivity index (χ2n) is 6.40. The lowest BCUT2D eigenvalue weighted by Gasteiger charge is -2.14. The fourth-order valence-electron chi connectivity index (χ4n) is 3.02. The van der Waals surface area contributed by atoms with Gasteiger partial charge in [-0.1, -0.05) is 42.5 Å². The van der Waals surface area contributed by atoms with Gasteiger partial charge in [-0.3, -0.25) is 0 Å². The van der Waals surface area contributed by atoms with Gasteiger partial charge in [0.15, 0.2) is 0 Å². The predicted molar refractivity (Wildman–Crippen MR) is 96.6 cm³/mol. The van der Waals surface area contributed by atoms with Gasteiger partial charge >= 0.3 is 6.03 Å². The molecule has 0 aromatic heterocycles. The monoisotopic (exact) mass is 340 g/mol. The van der Waals surface area contributed by atoms with Crippen LogP contribution in [-0.4, -0.2) is 31.3 Å². The third-order valence-corrected chi connectivity index (χ3v) is 4.61. The van der Waals surface area contributed by atoms with E-state index in [9.17, 15) is 9.90 Å². The van der Waals surface area contributed by atoms with E-state index >= 15 is 0 Å². The molecule has 2 amide bonds. The number of rotatable bonds is 7. The van der Waals surface area contributed by atoms with E-state index in [2.05, 4.69) is 22.8 Å². The van der Waals surface area contributed by atoms with Crippen LogP contribution in [0, 0.1) is 5.92 Å². The van der Waals surface area contributed by atoms with E-state index in [4.69, 9.17) is 4.74 Å². The minimum atomic E-state index is -0.765. The molecule has 25 heavy (non-hydrogen) atoms. The summed E-state index contributed by atoms with van der Waals surface area (Å²) in [6, 6.07) is 17.3. The van der Waals surface area contributed by atoms with Crippen molar-refractivity contribution in [2.24, 2.45) is 5.92 Å². The number of methoxy groups -OCH3 is 1. The highest BCUT2D eigenvalue weighted by Gasteiger charge is 2.37. The number of amides is 2. The highest BCUT2D eigenvalue weighted by Crippen LogP contribution is 2.46. The van der Waals surface area contributed by atoms with Gasteiger partial charge in [-0.25, -0.2) is 4.79 Å². The number of benzene rings is 2. The summed E-state index contributed by atoms with van der Waals surface area (Å²) in [7, 11) is 1.58. The maximum absolute atomic E-state index is 11.9. The molecule has 1 aliphatic carbocycles. The summed E-state index contributed by atoms with van der Waals surface area (Å²) in [5.74, 6) is 1.72. The fraction of sp³-hybridized carbons (Fsp3) is 0.350. The van der Waals surface area contributed by atoms with Gasteiger partial charge in [0.1, 0.15) is 5.75 Å². The number of aliphatic hydroxyl groups excluding tert-OH is 1. The van der Waals surface area contributed by atoms with E-state index in [0.29, 0.717) is 29.7 Å². The summed E-state index contributed by atoms with van der Waals surface area (Å²) in [4.78, 5) is 11.9. The first-order valence-electron chi connectivity index (χ1n) is 8.56. The van der Waals surface area contributed by atoms with Crippen LogP contribution in [0.5, 0.6) is 5.75 Å². The Hall–Kier alpha value is -2.53. The van der Waals surface area contributed by atoms with Gasteiger partial charge in [0.2, 0.25) is 0 Å². The summed E-state index contributed by atoms with van der Waals surface area (Å²) >= 11 is 0. The van der Waals surface area contributed by atoms with Crippen LogP contribution < -0.4 is 15.4 Å². The normalized spacial score (nSPS) is 19.8. The number of ether oxygens (including phenoxy) is 1. The van der Waals surface area contributed by atoms with E-state index in [1.165, 1.54) is 5.56 Å². The molecule has 1 aliphatic rings. The SMILES string of the molecule is COc1cccc(C(O)CNC(=O)NCC2CC2c2ccccc2)c1. The third-order valence-electron chi connectivity index (χ3n) is 4.61. The van der Waals surface area contributed by atoms with Gasteiger partial charge in [-0.15, -0.1) is 0 Å². The molecule has 3 unspecified atom stereocenters. The maximum Gasteiger partial charge on any atom is 0.314 e. The summed E-state index contributed by atoms with van der Waals surface area (Å²) in [6.45, 7) is 0.812. The molecule has 2 aromatic carbocycles. The summed E-state index contributed by atoms with van der Waals surface area (Å²) < 4.78 is 5.14. The Bertz CT molecular complexity index is 705. The molecule has 0 saturated heterocycles. The lowest BCUT2D eigenvalue weighted by atomic mass is 10.1. The average molecular weight is 340 g/mol. The average Bonchev–Trinajstić information content (AvgIpc) is 3.45. The minimum absolute atomic E-state index is 0.159. The topological polar surface area (TPSA) is 70.6 Å². The zero-order valence-corrected chi connectivity index (χ0v) is 14.3. The number of nitrogens with one attached hydrogen (secondary N) is 2. The molecule has 0 radical (unpaired) electrons. The number of carbonyl (C=O) groups is 1. The first-order chi connectivity index (χ1) is 12.2. The fourth-order valence-corrected chi connectivity index (χ4v) is 3.02. The van der Waals surface area contributed by atoms with Crippen LogP contribution in [0.3, 0.4) is 0 Å². The van der Waals surface area contributed by atoms with Crippen LogP contribution in [0.2, 0.25) is 0 Å². The molecule has 0 spiro atoms. The molecule has 3 rings (SSSR count). The van der Waals surface area contributed by atoms with Crippen molar-refractivity contribution in [1.29, 1.82) is 0 Å². The third kappa shape index (κ3) is 4.73. The van der Waals surface area contributed by atoms with Gasteiger partial charge in [-0.2, -0.15) is 0 Å². The van der Waals surface area contributed by atoms with Crippen LogP contribution in [0.1, 0.15) is 29.6 Å². The Morgan fingerprint density at radius 1 is 1.20 bits per heavy atom. The summed E-state index contributed by atoms with van der Waals surface area (Å²) in [5.41, 5.74) is 2.05. The second kappa shape index (κ2) is 8.03. The van der Waals surface area contributed by atoms with Gasteiger partial charge in [0, 0.05) is 13.1 Å². The molecule has 0 heterocycles. The number of aliphatic hydroxyl groups is 1. The van der Waals surface area contributed by atoms with Crippen molar-refractivity contribution >= 4 is 6.03 Å². The van der Waals surface area contributed by atoms with Crippen LogP contribution in [0.15, 0.2) is 54.6 Å². The molecule has 0 bridgehead atoms. The van der Waals surface area contributed by atoms with Crippen molar-refractivity contribution in [2.75, 3.05) is 20.2 Å². The van der Waals surface area contributed by atoms with Crippen LogP contribution in [0.25, 0.3) is 0 Å². The quantitative estimate of drug-likeness (QED) is 0.726. The van der Waals surface area contributed by atoms with Gasteiger partial charge < -0.3 is 20.5 Å². The number of hydrogen-bond acceptors (Lipinski definition) is 3. The highest BCUT2D eigenvalue weighted by molar-refractivity contribution is 5.73. The van der Waals surface area contributed by atoms with Crippen LogP contribution in [-0.2, 0) is 0 Å². The van der Waals surface area contributed by atoms with Crippen LogP contribution in [0.4, 0.5) is 4.79 Å². The van der Waals surface area contributed by atoms with Crippen molar-refractivity contribution in [2.45, 2.75) is 18.4 Å². The molecule has 5 heteroatoms. The number of hydrogen-bond donors (Lipinski definition) is 3. The maximum atomic E-state index is 11.9. The Morgan fingerprint density at radius 3 is 2.76 bits per heavy atom. The zero-order chi connectivity index (χ0) is 17.6. The molecule has 3 N–H and O–H groups in total. The molecule has 0 aliphatic heterocycles. The Kier molecular flexibility index (Phi) is 5.56. The Balaban J connectivity index is 1.38. The smallest absolute Gasteiger partial charge is 0.314 e. The Labute approximate surface area is 148 Å². The number of urea groups is 1. The summed E-state index contributed by atoms with van der Waals surface area (Å²) in [6.07, 6.45) is 0.343. The van der Waals surface area contributed by atoms with E-state index in [-0.39, 0.29) is 12.6 Å². The lowest BCUT2D eigenvalue weighted by molar-refractivity contribution is 0.172. The van der Waals surface area contributed by atoms with Crippen molar-refractivity contribution in [1.82, 2.24) is 10.6 Å². The minimum Gasteiger partial charge on any atom is -0.497 e.